The molecule has 3 aromatic rings. The van der Waals surface area contributed by atoms with Crippen molar-refractivity contribution >= 4 is 9.84 Å². The average molecular weight is 343 g/mol. The lowest BCUT2D eigenvalue weighted by molar-refractivity contribution is 0.413. The first kappa shape index (κ1) is 16.1. The maximum atomic E-state index is 13.9. The van der Waals surface area contributed by atoms with Gasteiger partial charge in [0.05, 0.1) is 17.7 Å². The van der Waals surface area contributed by atoms with Gasteiger partial charge in [0, 0.05) is 11.6 Å². The minimum Gasteiger partial charge on any atom is -0.496 e. The largest absolute Gasteiger partial charge is 0.496 e. The standard InChI is InChI=1S/C17H12FN2O3S/c1-23-12-7-8-15(18)14(11-12)16-9-10-17(20-19-16)24(21,22)13-5-3-2-4-6-13/h2-6,8-11H,1H3. The Morgan fingerprint density at radius 1 is 1.08 bits per heavy atom. The van der Waals surface area contributed by atoms with E-state index in [-0.39, 0.29) is 21.2 Å². The minimum atomic E-state index is -3.76. The molecular weight excluding hydrogens is 331 g/mol. The van der Waals surface area contributed by atoms with Gasteiger partial charge in [-0.3, -0.25) is 0 Å². The molecule has 2 aromatic carbocycles. The van der Waals surface area contributed by atoms with Crippen molar-refractivity contribution in [1.82, 2.24) is 10.2 Å². The predicted octanol–water partition coefficient (Wildman–Crippen LogP) is 2.92. The number of aromatic nitrogens is 2. The Hall–Kier alpha value is -2.80. The van der Waals surface area contributed by atoms with E-state index in [1.54, 1.807) is 18.2 Å². The summed E-state index contributed by atoms with van der Waals surface area (Å²) in [6, 6.07) is 15.8. The van der Waals surface area contributed by atoms with Gasteiger partial charge in [0.25, 0.3) is 0 Å². The molecule has 5 nitrogen and oxygen atoms in total. The summed E-state index contributed by atoms with van der Waals surface area (Å²) in [5, 5.41) is 7.38. The predicted molar refractivity (Wildman–Crippen MR) is 84.7 cm³/mol. The monoisotopic (exact) mass is 343 g/mol. The fourth-order valence-corrected chi connectivity index (χ4v) is 3.25. The van der Waals surface area contributed by atoms with Gasteiger partial charge in [-0.2, -0.15) is 0 Å². The Morgan fingerprint density at radius 3 is 2.46 bits per heavy atom. The van der Waals surface area contributed by atoms with E-state index in [2.05, 4.69) is 16.3 Å². The van der Waals surface area contributed by atoms with Crippen molar-refractivity contribution in [2.45, 2.75) is 9.92 Å². The summed E-state index contributed by atoms with van der Waals surface area (Å²) in [5.41, 5.74) is 0.355. The number of rotatable bonds is 4. The summed E-state index contributed by atoms with van der Waals surface area (Å²) < 4.78 is 43.8. The number of hydrogen-bond acceptors (Lipinski definition) is 5. The molecule has 0 amide bonds. The number of ether oxygens (including phenoxy) is 1. The zero-order chi connectivity index (χ0) is 17.2. The molecule has 1 radical (unpaired) electrons. The SMILES string of the molecule is COc1[c]cc(F)c(-c2ccc(S(=O)(=O)c3ccccc3)nn2)c1. The van der Waals surface area contributed by atoms with Crippen molar-refractivity contribution in [3.63, 3.8) is 0 Å². The van der Waals surface area contributed by atoms with Crippen LogP contribution in [0, 0.1) is 11.9 Å². The van der Waals surface area contributed by atoms with Crippen LogP contribution in [0.2, 0.25) is 0 Å². The third-order valence-electron chi connectivity index (χ3n) is 3.34. The maximum Gasteiger partial charge on any atom is 0.225 e. The normalized spacial score (nSPS) is 11.2. The molecule has 0 aliphatic heterocycles. The lowest BCUT2D eigenvalue weighted by atomic mass is 10.1. The minimum absolute atomic E-state index is 0.120. The van der Waals surface area contributed by atoms with E-state index in [1.807, 2.05) is 0 Å². The van der Waals surface area contributed by atoms with Crippen LogP contribution in [0.5, 0.6) is 5.75 Å². The Morgan fingerprint density at radius 2 is 1.83 bits per heavy atom. The Labute approximate surface area is 138 Å². The van der Waals surface area contributed by atoms with Crippen LogP contribution in [-0.2, 0) is 9.84 Å². The molecule has 0 aliphatic rings. The van der Waals surface area contributed by atoms with Gasteiger partial charge in [0.2, 0.25) is 9.84 Å². The highest BCUT2D eigenvalue weighted by atomic mass is 32.2. The van der Waals surface area contributed by atoms with Crippen LogP contribution in [0.25, 0.3) is 11.3 Å². The van der Waals surface area contributed by atoms with Crippen LogP contribution in [-0.4, -0.2) is 25.7 Å². The van der Waals surface area contributed by atoms with Gasteiger partial charge < -0.3 is 4.74 Å². The summed E-state index contributed by atoms with van der Waals surface area (Å²) in [5.74, 6) is -0.210. The third-order valence-corrected chi connectivity index (χ3v) is 5.00. The van der Waals surface area contributed by atoms with E-state index >= 15 is 0 Å². The number of halogens is 1. The van der Waals surface area contributed by atoms with Crippen molar-refractivity contribution in [3.8, 4) is 17.0 Å². The molecule has 0 saturated carbocycles. The molecule has 0 fully saturated rings. The molecule has 0 bridgehead atoms. The van der Waals surface area contributed by atoms with Crippen molar-refractivity contribution in [1.29, 1.82) is 0 Å². The third kappa shape index (κ3) is 2.98. The first-order chi connectivity index (χ1) is 11.5. The van der Waals surface area contributed by atoms with Gasteiger partial charge in [-0.15, -0.1) is 10.2 Å². The zero-order valence-electron chi connectivity index (χ0n) is 12.6. The van der Waals surface area contributed by atoms with Crippen LogP contribution in [0.15, 0.2) is 64.5 Å². The molecule has 1 heterocycles. The molecule has 1 aromatic heterocycles. The molecule has 0 atom stereocenters. The van der Waals surface area contributed by atoms with Gasteiger partial charge in [0.15, 0.2) is 5.03 Å². The lowest BCUT2D eigenvalue weighted by Crippen LogP contribution is -2.06. The van der Waals surface area contributed by atoms with Crippen LogP contribution in [0.3, 0.4) is 0 Å². The number of hydrogen-bond donors (Lipinski definition) is 0. The molecule has 0 N–H and O–H groups in total. The van der Waals surface area contributed by atoms with Crippen LogP contribution < -0.4 is 4.74 Å². The zero-order valence-corrected chi connectivity index (χ0v) is 13.4. The molecule has 0 spiro atoms. The second-order valence-corrected chi connectivity index (χ2v) is 6.73. The van der Waals surface area contributed by atoms with E-state index in [0.29, 0.717) is 5.75 Å². The van der Waals surface area contributed by atoms with Crippen LogP contribution in [0.4, 0.5) is 4.39 Å². The summed E-state index contributed by atoms with van der Waals surface area (Å²) in [4.78, 5) is 0.120. The molecule has 0 saturated heterocycles. The van der Waals surface area contributed by atoms with Crippen molar-refractivity contribution in [3.05, 3.63) is 66.5 Å². The highest BCUT2D eigenvalue weighted by Crippen LogP contribution is 2.26. The molecule has 7 heteroatoms. The molecule has 3 rings (SSSR count). The van der Waals surface area contributed by atoms with E-state index < -0.39 is 15.7 Å². The second kappa shape index (κ2) is 6.37. The van der Waals surface area contributed by atoms with Gasteiger partial charge in [0.1, 0.15) is 11.6 Å². The Balaban J connectivity index is 2.00. The fraction of sp³-hybridized carbons (Fsp3) is 0.0588. The van der Waals surface area contributed by atoms with Crippen molar-refractivity contribution in [2.75, 3.05) is 7.11 Å². The van der Waals surface area contributed by atoms with E-state index in [1.165, 1.54) is 37.4 Å². The number of benzene rings is 2. The molecular formula is C17H12FN2O3S. The van der Waals surface area contributed by atoms with Crippen LogP contribution in [0.1, 0.15) is 0 Å². The molecule has 0 unspecified atom stereocenters. The first-order valence-electron chi connectivity index (χ1n) is 6.92. The number of sulfone groups is 1. The topological polar surface area (TPSA) is 69.2 Å². The molecule has 24 heavy (non-hydrogen) atoms. The van der Waals surface area contributed by atoms with Gasteiger partial charge in [-0.1, -0.05) is 18.2 Å². The second-order valence-electron chi connectivity index (χ2n) is 4.84. The maximum absolute atomic E-state index is 13.9. The van der Waals surface area contributed by atoms with Crippen molar-refractivity contribution < 1.29 is 17.5 Å². The van der Waals surface area contributed by atoms with Gasteiger partial charge >= 0.3 is 0 Å². The average Bonchev–Trinajstić information content (AvgIpc) is 2.63. The summed E-state index contributed by atoms with van der Waals surface area (Å²) >= 11 is 0. The molecule has 0 aliphatic carbocycles. The first-order valence-corrected chi connectivity index (χ1v) is 8.40. The summed E-state index contributed by atoms with van der Waals surface area (Å²) in [6.45, 7) is 0. The lowest BCUT2D eigenvalue weighted by Gasteiger charge is -2.06. The Kier molecular flexibility index (Phi) is 4.26. The van der Waals surface area contributed by atoms with E-state index in [9.17, 15) is 12.8 Å². The van der Waals surface area contributed by atoms with Crippen molar-refractivity contribution in [2.24, 2.45) is 0 Å². The Bertz CT molecular complexity index is 959. The highest BCUT2D eigenvalue weighted by molar-refractivity contribution is 7.91. The molecule has 121 valence electrons. The van der Waals surface area contributed by atoms with E-state index in [0.717, 1.165) is 6.07 Å². The quantitative estimate of drug-likeness (QED) is 0.728. The number of nitrogens with zero attached hydrogens (tertiary/aromatic N) is 2. The van der Waals surface area contributed by atoms with Gasteiger partial charge in [-0.05, 0) is 36.4 Å². The van der Waals surface area contributed by atoms with E-state index in [4.69, 9.17) is 4.74 Å². The number of methoxy groups -OCH3 is 1. The summed E-state index contributed by atoms with van der Waals surface area (Å²) in [6.07, 6.45) is 0. The smallest absolute Gasteiger partial charge is 0.225 e. The highest BCUT2D eigenvalue weighted by Gasteiger charge is 2.20. The van der Waals surface area contributed by atoms with Gasteiger partial charge in [-0.25, -0.2) is 12.8 Å². The summed E-state index contributed by atoms with van der Waals surface area (Å²) in [7, 11) is -2.32. The van der Waals surface area contributed by atoms with Crippen LogP contribution >= 0.6 is 0 Å². The fourth-order valence-electron chi connectivity index (χ4n) is 2.10.